The number of hydrogen-bond donors (Lipinski definition) is 2. The van der Waals surface area contributed by atoms with Crippen molar-refractivity contribution in [1.29, 1.82) is 0 Å². The monoisotopic (exact) mass is 370 g/mol. The van der Waals surface area contributed by atoms with Gasteiger partial charge in [0.05, 0.1) is 28.3 Å². The van der Waals surface area contributed by atoms with Crippen LogP contribution >= 0.6 is 11.3 Å². The Hall–Kier alpha value is -2.41. The fraction of sp³-hybridized carbons (Fsp3) is 0.421. The quantitative estimate of drug-likeness (QED) is 0.381. The summed E-state index contributed by atoms with van der Waals surface area (Å²) in [5.74, 6) is 1.87. The lowest BCUT2D eigenvalue weighted by atomic mass is 10.3. The van der Waals surface area contributed by atoms with Crippen LogP contribution in [0.3, 0.4) is 0 Å². The Kier molecular flexibility index (Phi) is 6.22. The van der Waals surface area contributed by atoms with Gasteiger partial charge < -0.3 is 15.2 Å². The molecule has 0 fully saturated rings. The van der Waals surface area contributed by atoms with Crippen molar-refractivity contribution in [3.63, 3.8) is 0 Å². The molecule has 0 unspecified atom stereocenters. The highest BCUT2D eigenvalue weighted by Crippen LogP contribution is 2.15. The molecular weight excluding hydrogens is 344 g/mol. The molecule has 3 aromatic rings. The SMILES string of the molecule is CCc1nc(CNC(=NC)NCCCn2c(C)nc3ccccc32)cs1. The number of fused-ring (bicyclic) bond motifs is 1. The normalized spacial score (nSPS) is 11.9. The van der Waals surface area contributed by atoms with Gasteiger partial charge >= 0.3 is 0 Å². The first kappa shape index (κ1) is 18.4. The summed E-state index contributed by atoms with van der Waals surface area (Å²) in [7, 11) is 1.79. The Bertz CT molecular complexity index is 879. The average Bonchev–Trinajstić information content (AvgIpc) is 3.25. The van der Waals surface area contributed by atoms with Gasteiger partial charge in [-0.25, -0.2) is 9.97 Å². The van der Waals surface area contributed by atoms with Gasteiger partial charge in [-0.15, -0.1) is 11.3 Å². The van der Waals surface area contributed by atoms with Crippen LogP contribution in [0, 0.1) is 6.92 Å². The van der Waals surface area contributed by atoms with Crippen molar-refractivity contribution in [3.05, 3.63) is 46.2 Å². The average molecular weight is 371 g/mol. The molecule has 7 heteroatoms. The predicted octanol–water partition coefficient (Wildman–Crippen LogP) is 3.12. The third-order valence-corrected chi connectivity index (χ3v) is 5.30. The van der Waals surface area contributed by atoms with Crippen molar-refractivity contribution in [1.82, 2.24) is 25.2 Å². The lowest BCUT2D eigenvalue weighted by Crippen LogP contribution is -2.37. The molecule has 2 heterocycles. The van der Waals surface area contributed by atoms with Gasteiger partial charge in [0.1, 0.15) is 5.82 Å². The van der Waals surface area contributed by atoms with Crippen LogP contribution in [0.4, 0.5) is 0 Å². The Morgan fingerprint density at radius 2 is 2.08 bits per heavy atom. The maximum Gasteiger partial charge on any atom is 0.191 e. The summed E-state index contributed by atoms with van der Waals surface area (Å²) < 4.78 is 2.27. The van der Waals surface area contributed by atoms with Crippen molar-refractivity contribution in [3.8, 4) is 0 Å². The van der Waals surface area contributed by atoms with E-state index in [-0.39, 0.29) is 0 Å². The van der Waals surface area contributed by atoms with Crippen molar-refractivity contribution in [2.45, 2.75) is 39.8 Å². The molecule has 0 radical (unpaired) electrons. The zero-order valence-electron chi connectivity index (χ0n) is 15.6. The predicted molar refractivity (Wildman–Crippen MR) is 109 cm³/mol. The molecule has 26 heavy (non-hydrogen) atoms. The van der Waals surface area contributed by atoms with Gasteiger partial charge in [0.2, 0.25) is 0 Å². The zero-order valence-corrected chi connectivity index (χ0v) is 16.4. The molecule has 1 aromatic carbocycles. The fourth-order valence-electron chi connectivity index (χ4n) is 2.91. The van der Waals surface area contributed by atoms with Crippen molar-refractivity contribution < 1.29 is 0 Å². The summed E-state index contributed by atoms with van der Waals surface area (Å²) >= 11 is 1.71. The summed E-state index contributed by atoms with van der Waals surface area (Å²) in [6.45, 7) is 6.67. The number of aromatic nitrogens is 3. The lowest BCUT2D eigenvalue weighted by Gasteiger charge is -2.12. The Labute approximate surface area is 158 Å². The molecule has 6 nitrogen and oxygen atoms in total. The van der Waals surface area contributed by atoms with Crippen LogP contribution in [0.5, 0.6) is 0 Å². The highest BCUT2D eigenvalue weighted by atomic mass is 32.1. The molecule has 0 saturated carbocycles. The van der Waals surface area contributed by atoms with Gasteiger partial charge in [-0.3, -0.25) is 4.99 Å². The molecule has 0 amide bonds. The van der Waals surface area contributed by atoms with Crippen LogP contribution in [0.2, 0.25) is 0 Å². The third kappa shape index (κ3) is 4.40. The minimum atomic E-state index is 0.696. The van der Waals surface area contributed by atoms with E-state index in [4.69, 9.17) is 0 Å². The second-order valence-electron chi connectivity index (χ2n) is 6.09. The highest BCUT2D eigenvalue weighted by molar-refractivity contribution is 7.09. The molecule has 0 aliphatic heterocycles. The third-order valence-electron chi connectivity index (χ3n) is 4.26. The van der Waals surface area contributed by atoms with E-state index >= 15 is 0 Å². The van der Waals surface area contributed by atoms with Gasteiger partial charge in [0.25, 0.3) is 0 Å². The molecule has 0 aliphatic rings. The lowest BCUT2D eigenvalue weighted by molar-refractivity contribution is 0.624. The van der Waals surface area contributed by atoms with E-state index in [9.17, 15) is 0 Å². The maximum absolute atomic E-state index is 4.62. The van der Waals surface area contributed by atoms with E-state index < -0.39 is 0 Å². The first-order valence-electron chi connectivity index (χ1n) is 9.01. The van der Waals surface area contributed by atoms with Crippen LogP contribution in [0.25, 0.3) is 11.0 Å². The van der Waals surface area contributed by atoms with Crippen molar-refractivity contribution in [2.24, 2.45) is 4.99 Å². The van der Waals surface area contributed by atoms with E-state index in [1.807, 2.05) is 6.07 Å². The highest BCUT2D eigenvalue weighted by Gasteiger charge is 2.06. The first-order valence-corrected chi connectivity index (χ1v) is 9.89. The summed E-state index contributed by atoms with van der Waals surface area (Å²) in [4.78, 5) is 13.5. The van der Waals surface area contributed by atoms with Crippen LogP contribution < -0.4 is 10.6 Å². The minimum absolute atomic E-state index is 0.696. The number of nitrogens with one attached hydrogen (secondary N) is 2. The van der Waals surface area contributed by atoms with Crippen LogP contribution in [-0.4, -0.2) is 34.1 Å². The number of benzene rings is 1. The van der Waals surface area contributed by atoms with Gasteiger partial charge in [-0.2, -0.15) is 0 Å². The summed E-state index contributed by atoms with van der Waals surface area (Å²) in [6, 6.07) is 8.28. The van der Waals surface area contributed by atoms with Gasteiger partial charge in [-0.05, 0) is 31.9 Å². The molecular formula is C19H26N6S. The molecule has 2 N–H and O–H groups in total. The van der Waals surface area contributed by atoms with Crippen molar-refractivity contribution in [2.75, 3.05) is 13.6 Å². The second kappa shape index (κ2) is 8.80. The van der Waals surface area contributed by atoms with E-state index in [2.05, 4.69) is 67.6 Å². The topological polar surface area (TPSA) is 67.1 Å². The van der Waals surface area contributed by atoms with Crippen LogP contribution in [0.1, 0.15) is 29.9 Å². The fourth-order valence-corrected chi connectivity index (χ4v) is 3.65. The second-order valence-corrected chi connectivity index (χ2v) is 7.03. The zero-order chi connectivity index (χ0) is 18.4. The molecule has 0 bridgehead atoms. The number of imidazole rings is 1. The Morgan fingerprint density at radius 3 is 2.85 bits per heavy atom. The van der Waals surface area contributed by atoms with E-state index in [0.29, 0.717) is 6.54 Å². The van der Waals surface area contributed by atoms with E-state index in [1.54, 1.807) is 18.4 Å². The molecule has 138 valence electrons. The maximum atomic E-state index is 4.62. The Balaban J connectivity index is 1.46. The number of aryl methyl sites for hydroxylation is 3. The smallest absolute Gasteiger partial charge is 0.191 e. The molecule has 0 atom stereocenters. The van der Waals surface area contributed by atoms with E-state index in [1.165, 1.54) is 10.5 Å². The number of rotatable bonds is 7. The van der Waals surface area contributed by atoms with Gasteiger partial charge in [0.15, 0.2) is 5.96 Å². The summed E-state index contributed by atoms with van der Waals surface area (Å²) in [5.41, 5.74) is 3.32. The minimum Gasteiger partial charge on any atom is -0.356 e. The molecule has 3 rings (SSSR count). The number of nitrogens with zero attached hydrogens (tertiary/aromatic N) is 4. The van der Waals surface area contributed by atoms with Gasteiger partial charge in [0, 0.05) is 25.5 Å². The molecule has 0 aliphatic carbocycles. The number of hydrogen-bond acceptors (Lipinski definition) is 4. The van der Waals surface area contributed by atoms with Crippen LogP contribution in [0.15, 0.2) is 34.6 Å². The van der Waals surface area contributed by atoms with Crippen LogP contribution in [-0.2, 0) is 19.5 Å². The summed E-state index contributed by atoms with van der Waals surface area (Å²) in [5, 5.41) is 9.97. The number of guanidine groups is 1. The number of para-hydroxylation sites is 2. The molecule has 0 saturated heterocycles. The number of thiazole rings is 1. The first-order chi connectivity index (χ1) is 12.7. The van der Waals surface area contributed by atoms with Crippen molar-refractivity contribution >= 4 is 28.3 Å². The standard InChI is InChI=1S/C19H26N6S/c1-4-18-24-15(13-26-18)12-22-19(20-3)21-10-7-11-25-14(2)23-16-8-5-6-9-17(16)25/h5-6,8-9,13H,4,7,10-12H2,1-3H3,(H2,20,21,22). The number of aliphatic imine (C=N–C) groups is 1. The van der Waals surface area contributed by atoms with Gasteiger partial charge in [-0.1, -0.05) is 19.1 Å². The summed E-state index contributed by atoms with van der Waals surface area (Å²) in [6.07, 6.45) is 1.98. The van der Waals surface area contributed by atoms with E-state index in [0.717, 1.165) is 48.9 Å². The molecule has 2 aromatic heterocycles. The molecule has 0 spiro atoms. The Morgan fingerprint density at radius 1 is 1.23 bits per heavy atom. The largest absolute Gasteiger partial charge is 0.356 e.